The van der Waals surface area contributed by atoms with Crippen LogP contribution in [0.2, 0.25) is 0 Å². The van der Waals surface area contributed by atoms with Gasteiger partial charge < -0.3 is 5.73 Å². The normalized spacial score (nSPS) is 45.3. The molecule has 0 aromatic rings. The Hall–Kier alpha value is -0.120. The Kier molecular flexibility index (Phi) is 3.89. The summed E-state index contributed by atoms with van der Waals surface area (Å²) >= 11 is 0. The van der Waals surface area contributed by atoms with E-state index < -0.39 is 0 Å². The molecule has 3 saturated heterocycles. The Morgan fingerprint density at radius 3 is 2.68 bits per heavy atom. The molecule has 19 heavy (non-hydrogen) atoms. The molecule has 3 aliphatic rings. The predicted molar refractivity (Wildman–Crippen MR) is 80.2 cm³/mol. The first-order valence-corrected chi connectivity index (χ1v) is 8.40. The van der Waals surface area contributed by atoms with Crippen molar-refractivity contribution >= 4 is 0 Å². The molecule has 0 saturated carbocycles. The van der Waals surface area contributed by atoms with Crippen LogP contribution in [0.5, 0.6) is 0 Å². The molecule has 0 aliphatic carbocycles. The maximum absolute atomic E-state index is 6.35. The average Bonchev–Trinajstić information content (AvgIpc) is 2.82. The van der Waals surface area contributed by atoms with Crippen molar-refractivity contribution in [2.45, 2.75) is 70.0 Å². The van der Waals surface area contributed by atoms with Crippen LogP contribution in [0.1, 0.15) is 52.4 Å². The van der Waals surface area contributed by atoms with E-state index >= 15 is 0 Å². The molecule has 0 spiro atoms. The number of nitrogens with two attached hydrogens (primary N) is 1. The van der Waals surface area contributed by atoms with Gasteiger partial charge in [-0.05, 0) is 58.0 Å². The van der Waals surface area contributed by atoms with Crippen LogP contribution >= 0.6 is 0 Å². The summed E-state index contributed by atoms with van der Waals surface area (Å²) < 4.78 is 0. The van der Waals surface area contributed by atoms with Gasteiger partial charge in [-0.3, -0.25) is 9.80 Å². The SMILES string of the molecule is CC1CCCN(C2(CN)CCN3CCCCC32)C1C. The zero-order valence-electron chi connectivity index (χ0n) is 12.8. The molecular weight excluding hydrogens is 234 g/mol. The summed E-state index contributed by atoms with van der Waals surface area (Å²) in [4.78, 5) is 5.56. The topological polar surface area (TPSA) is 32.5 Å². The third-order valence-electron chi connectivity index (χ3n) is 6.36. The van der Waals surface area contributed by atoms with Crippen molar-refractivity contribution in [3.63, 3.8) is 0 Å². The zero-order chi connectivity index (χ0) is 13.5. The number of hydrogen-bond acceptors (Lipinski definition) is 3. The van der Waals surface area contributed by atoms with E-state index in [2.05, 4.69) is 23.6 Å². The van der Waals surface area contributed by atoms with E-state index in [0.29, 0.717) is 6.04 Å². The van der Waals surface area contributed by atoms with Crippen molar-refractivity contribution in [2.75, 3.05) is 26.2 Å². The predicted octanol–water partition coefficient (Wildman–Crippen LogP) is 2.06. The lowest BCUT2D eigenvalue weighted by Gasteiger charge is -2.53. The van der Waals surface area contributed by atoms with Crippen LogP contribution in [0, 0.1) is 5.92 Å². The van der Waals surface area contributed by atoms with Crippen molar-refractivity contribution < 1.29 is 0 Å². The average molecular weight is 265 g/mol. The van der Waals surface area contributed by atoms with Gasteiger partial charge in [0.2, 0.25) is 0 Å². The van der Waals surface area contributed by atoms with Crippen molar-refractivity contribution in [3.8, 4) is 0 Å². The molecule has 0 amide bonds. The Morgan fingerprint density at radius 2 is 1.89 bits per heavy atom. The molecule has 0 aromatic heterocycles. The van der Waals surface area contributed by atoms with E-state index in [1.54, 1.807) is 0 Å². The summed E-state index contributed by atoms with van der Waals surface area (Å²) in [5.41, 5.74) is 6.63. The first kappa shape index (κ1) is 13.8. The molecule has 0 bridgehead atoms. The number of likely N-dealkylation sites (tertiary alicyclic amines) is 1. The minimum atomic E-state index is 0.286. The molecule has 3 fully saturated rings. The smallest absolute Gasteiger partial charge is 0.0501 e. The number of fused-ring (bicyclic) bond motifs is 1. The number of hydrogen-bond donors (Lipinski definition) is 1. The summed E-state index contributed by atoms with van der Waals surface area (Å²) in [5, 5.41) is 0. The van der Waals surface area contributed by atoms with Crippen LogP contribution in [0.25, 0.3) is 0 Å². The van der Waals surface area contributed by atoms with Gasteiger partial charge in [0.25, 0.3) is 0 Å². The number of rotatable bonds is 2. The van der Waals surface area contributed by atoms with Crippen LogP contribution in [0.4, 0.5) is 0 Å². The summed E-state index contributed by atoms with van der Waals surface area (Å²) in [7, 11) is 0. The van der Waals surface area contributed by atoms with E-state index in [0.717, 1.165) is 18.5 Å². The Labute approximate surface area is 118 Å². The lowest BCUT2D eigenvalue weighted by Crippen LogP contribution is -2.66. The molecule has 3 aliphatic heterocycles. The number of nitrogens with zero attached hydrogens (tertiary/aromatic N) is 2. The third-order valence-corrected chi connectivity index (χ3v) is 6.36. The zero-order valence-corrected chi connectivity index (χ0v) is 12.8. The molecule has 110 valence electrons. The Morgan fingerprint density at radius 1 is 1.05 bits per heavy atom. The van der Waals surface area contributed by atoms with Crippen LogP contribution in [0.15, 0.2) is 0 Å². The lowest BCUT2D eigenvalue weighted by atomic mass is 9.79. The highest BCUT2D eigenvalue weighted by Crippen LogP contribution is 2.42. The van der Waals surface area contributed by atoms with Crippen molar-refractivity contribution in [1.82, 2.24) is 9.80 Å². The second-order valence-electron chi connectivity index (χ2n) is 7.16. The summed E-state index contributed by atoms with van der Waals surface area (Å²) in [6.45, 7) is 9.57. The molecule has 3 heterocycles. The Balaban J connectivity index is 1.86. The molecule has 2 N–H and O–H groups in total. The van der Waals surface area contributed by atoms with Gasteiger partial charge in [-0.1, -0.05) is 13.3 Å². The summed E-state index contributed by atoms with van der Waals surface area (Å²) in [6, 6.07) is 1.44. The molecular formula is C16H31N3. The fourth-order valence-corrected chi connectivity index (χ4v) is 5.03. The minimum absolute atomic E-state index is 0.286. The second-order valence-corrected chi connectivity index (χ2v) is 7.16. The third kappa shape index (κ3) is 2.14. The quantitative estimate of drug-likeness (QED) is 0.829. The fraction of sp³-hybridized carbons (Fsp3) is 1.00. The van der Waals surface area contributed by atoms with Crippen molar-refractivity contribution in [2.24, 2.45) is 11.7 Å². The van der Waals surface area contributed by atoms with Crippen LogP contribution < -0.4 is 5.73 Å². The second kappa shape index (κ2) is 5.34. The largest absolute Gasteiger partial charge is 0.329 e. The van der Waals surface area contributed by atoms with Gasteiger partial charge in [-0.25, -0.2) is 0 Å². The first-order valence-electron chi connectivity index (χ1n) is 8.40. The van der Waals surface area contributed by atoms with Gasteiger partial charge in [-0.2, -0.15) is 0 Å². The van der Waals surface area contributed by atoms with Crippen molar-refractivity contribution in [1.29, 1.82) is 0 Å². The maximum Gasteiger partial charge on any atom is 0.0501 e. The van der Waals surface area contributed by atoms with Crippen LogP contribution in [0.3, 0.4) is 0 Å². The Bertz CT molecular complexity index is 319. The van der Waals surface area contributed by atoms with E-state index in [9.17, 15) is 0 Å². The standard InChI is InChI=1S/C16H31N3/c1-13-6-5-10-19(14(13)2)16(12-17)8-11-18-9-4-3-7-15(16)18/h13-15H,3-12,17H2,1-2H3. The van der Waals surface area contributed by atoms with Gasteiger partial charge in [0.05, 0.1) is 5.54 Å². The molecule has 3 rings (SSSR count). The highest BCUT2D eigenvalue weighted by molar-refractivity contribution is 5.10. The molecule has 0 aromatic carbocycles. The molecule has 3 heteroatoms. The fourth-order valence-electron chi connectivity index (χ4n) is 5.03. The molecule has 4 unspecified atom stereocenters. The van der Waals surface area contributed by atoms with Crippen LogP contribution in [-0.2, 0) is 0 Å². The van der Waals surface area contributed by atoms with E-state index in [1.807, 2.05) is 0 Å². The van der Waals surface area contributed by atoms with Gasteiger partial charge in [0, 0.05) is 25.2 Å². The van der Waals surface area contributed by atoms with Gasteiger partial charge >= 0.3 is 0 Å². The minimum Gasteiger partial charge on any atom is -0.329 e. The molecule has 0 radical (unpaired) electrons. The summed E-state index contributed by atoms with van der Waals surface area (Å²) in [6.07, 6.45) is 8.22. The van der Waals surface area contributed by atoms with Crippen LogP contribution in [-0.4, -0.2) is 53.6 Å². The lowest BCUT2D eigenvalue weighted by molar-refractivity contribution is -0.0244. The van der Waals surface area contributed by atoms with Crippen molar-refractivity contribution in [3.05, 3.63) is 0 Å². The van der Waals surface area contributed by atoms with E-state index in [1.165, 1.54) is 58.2 Å². The highest BCUT2D eigenvalue weighted by atomic mass is 15.3. The van der Waals surface area contributed by atoms with Gasteiger partial charge in [0.1, 0.15) is 0 Å². The van der Waals surface area contributed by atoms with Gasteiger partial charge in [-0.15, -0.1) is 0 Å². The molecule has 3 nitrogen and oxygen atoms in total. The molecule has 4 atom stereocenters. The summed E-state index contributed by atoms with van der Waals surface area (Å²) in [5.74, 6) is 0.829. The number of piperidine rings is 2. The first-order chi connectivity index (χ1) is 9.19. The van der Waals surface area contributed by atoms with E-state index in [4.69, 9.17) is 5.73 Å². The van der Waals surface area contributed by atoms with E-state index in [-0.39, 0.29) is 5.54 Å². The van der Waals surface area contributed by atoms with Gasteiger partial charge in [0.15, 0.2) is 0 Å². The highest BCUT2D eigenvalue weighted by Gasteiger charge is 2.52. The monoisotopic (exact) mass is 265 g/mol. The maximum atomic E-state index is 6.35.